The van der Waals surface area contributed by atoms with Crippen molar-refractivity contribution in [2.45, 2.75) is 0 Å². The monoisotopic (exact) mass is 348 g/mol. The van der Waals surface area contributed by atoms with E-state index in [-0.39, 0.29) is 0 Å². The fraction of sp³-hybridized carbons (Fsp3) is 0. The third-order valence-corrected chi connectivity index (χ3v) is 4.64. The summed E-state index contributed by atoms with van der Waals surface area (Å²) in [4.78, 5) is 26.6. The number of rotatable bonds is 1. The summed E-state index contributed by atoms with van der Waals surface area (Å²) < 4.78 is 0. The maximum absolute atomic E-state index is 4.72. The highest BCUT2D eigenvalue weighted by atomic mass is 15.0. The summed E-state index contributed by atoms with van der Waals surface area (Å²) in [7, 11) is 0. The van der Waals surface area contributed by atoms with Gasteiger partial charge in [0.05, 0.1) is 50.3 Å². The van der Waals surface area contributed by atoms with E-state index in [1.54, 1.807) is 6.20 Å². The van der Waals surface area contributed by atoms with E-state index in [1.807, 2.05) is 60.7 Å². The summed E-state index contributed by atoms with van der Waals surface area (Å²) in [5.74, 6) is 0.572. The fourth-order valence-corrected chi connectivity index (χ4v) is 3.32. The van der Waals surface area contributed by atoms with Crippen molar-refractivity contribution in [2.24, 2.45) is 0 Å². The van der Waals surface area contributed by atoms with Crippen LogP contribution in [0.25, 0.3) is 55.7 Å². The standard InChI is InChI=1S/C21H12N6/c1-2-6-13-12(5-1)22-11-20(25-13)21-26-18-9-16-17(10-19(18)27-21)24-15-8-4-3-7-14(15)23-16/h1-11,23H. The molecule has 1 N–H and O–H groups in total. The van der Waals surface area contributed by atoms with E-state index in [0.717, 1.165) is 44.1 Å². The first-order chi connectivity index (χ1) is 13.3. The van der Waals surface area contributed by atoms with Gasteiger partial charge in [-0.2, -0.15) is 0 Å². The SMILES string of the molecule is c1ccc2nc(-c3nc4cc5nc6ccccc6[nH]c5cc4n3)cnc2c1. The Morgan fingerprint density at radius 2 is 1.30 bits per heavy atom. The molecule has 0 fully saturated rings. The second-order valence-corrected chi connectivity index (χ2v) is 6.40. The summed E-state index contributed by atoms with van der Waals surface area (Å²) in [6, 6.07) is 19.7. The number of fused-ring (bicyclic) bond motifs is 4. The molecule has 126 valence electrons. The first-order valence-electron chi connectivity index (χ1n) is 8.62. The number of H-pyrrole nitrogens is 1. The largest absolute Gasteiger partial charge is 0.352 e. The van der Waals surface area contributed by atoms with Crippen LogP contribution in [0, 0.1) is 0 Å². The summed E-state index contributed by atoms with van der Waals surface area (Å²) in [6.45, 7) is 0. The smallest absolute Gasteiger partial charge is 0.181 e. The van der Waals surface area contributed by atoms with E-state index >= 15 is 0 Å². The van der Waals surface area contributed by atoms with E-state index in [1.165, 1.54) is 0 Å². The molecule has 6 nitrogen and oxygen atoms in total. The van der Waals surface area contributed by atoms with Crippen LogP contribution in [-0.4, -0.2) is 29.9 Å². The Balaban J connectivity index is 1.57. The van der Waals surface area contributed by atoms with Crippen LogP contribution >= 0.6 is 0 Å². The van der Waals surface area contributed by atoms with Crippen LogP contribution in [-0.2, 0) is 0 Å². The van der Waals surface area contributed by atoms with E-state index in [2.05, 4.69) is 24.9 Å². The van der Waals surface area contributed by atoms with Gasteiger partial charge in [0.25, 0.3) is 0 Å². The van der Waals surface area contributed by atoms with Crippen molar-refractivity contribution in [3.63, 3.8) is 0 Å². The Morgan fingerprint density at radius 3 is 2.19 bits per heavy atom. The number of hydrogen-bond donors (Lipinski definition) is 1. The van der Waals surface area contributed by atoms with Gasteiger partial charge in [0, 0.05) is 0 Å². The Kier molecular flexibility index (Phi) is 2.79. The second-order valence-electron chi connectivity index (χ2n) is 6.40. The summed E-state index contributed by atoms with van der Waals surface area (Å²) >= 11 is 0. The lowest BCUT2D eigenvalue weighted by molar-refractivity contribution is 1.22. The predicted octanol–water partition coefficient (Wildman–Crippen LogP) is 4.27. The van der Waals surface area contributed by atoms with E-state index in [0.29, 0.717) is 11.5 Å². The maximum atomic E-state index is 4.72. The molecule has 6 aromatic rings. The zero-order valence-electron chi connectivity index (χ0n) is 14.1. The molecular weight excluding hydrogens is 336 g/mol. The van der Waals surface area contributed by atoms with Crippen molar-refractivity contribution in [2.75, 3.05) is 0 Å². The Hall–Kier alpha value is -3.93. The maximum Gasteiger partial charge on any atom is 0.181 e. The van der Waals surface area contributed by atoms with Crippen molar-refractivity contribution >= 4 is 44.1 Å². The lowest BCUT2D eigenvalue weighted by Gasteiger charge is -2.01. The zero-order chi connectivity index (χ0) is 17.8. The second kappa shape index (κ2) is 5.28. The quantitative estimate of drug-likeness (QED) is 0.449. The van der Waals surface area contributed by atoms with Gasteiger partial charge in [0.1, 0.15) is 5.69 Å². The molecule has 0 aliphatic heterocycles. The molecule has 3 heterocycles. The molecule has 3 aromatic heterocycles. The molecule has 27 heavy (non-hydrogen) atoms. The average Bonchev–Trinajstić information content (AvgIpc) is 3.13. The van der Waals surface area contributed by atoms with Crippen LogP contribution in [0.1, 0.15) is 0 Å². The lowest BCUT2D eigenvalue weighted by Crippen LogP contribution is -1.89. The molecule has 6 rings (SSSR count). The molecule has 0 saturated heterocycles. The van der Waals surface area contributed by atoms with E-state index in [9.17, 15) is 0 Å². The molecule has 0 atom stereocenters. The molecule has 0 saturated carbocycles. The van der Waals surface area contributed by atoms with Gasteiger partial charge in [0.2, 0.25) is 0 Å². The van der Waals surface area contributed by atoms with Crippen LogP contribution in [0.4, 0.5) is 0 Å². The number of nitrogens with one attached hydrogen (secondary N) is 1. The van der Waals surface area contributed by atoms with Crippen molar-refractivity contribution in [1.29, 1.82) is 0 Å². The number of aromatic amines is 1. The number of para-hydroxylation sites is 4. The number of imidazole rings is 1. The van der Waals surface area contributed by atoms with E-state index < -0.39 is 0 Å². The van der Waals surface area contributed by atoms with Gasteiger partial charge in [-0.15, -0.1) is 0 Å². The number of benzene rings is 3. The summed E-state index contributed by atoms with van der Waals surface area (Å²) in [6.07, 6.45) is 1.72. The first-order valence-corrected chi connectivity index (χ1v) is 8.62. The van der Waals surface area contributed by atoms with Gasteiger partial charge in [-0.05, 0) is 36.4 Å². The molecule has 0 unspecified atom stereocenters. The van der Waals surface area contributed by atoms with E-state index in [4.69, 9.17) is 4.98 Å². The minimum atomic E-state index is 0.572. The normalized spacial score (nSPS) is 11.7. The predicted molar refractivity (Wildman–Crippen MR) is 105 cm³/mol. The minimum absolute atomic E-state index is 0.572. The van der Waals surface area contributed by atoms with Crippen LogP contribution in [0.2, 0.25) is 0 Å². The Morgan fingerprint density at radius 1 is 0.556 bits per heavy atom. The molecule has 0 amide bonds. The van der Waals surface area contributed by atoms with Crippen LogP contribution < -0.4 is 0 Å². The number of hydrogen-bond acceptors (Lipinski definition) is 5. The highest BCUT2D eigenvalue weighted by Crippen LogP contribution is 2.24. The minimum Gasteiger partial charge on any atom is -0.352 e. The highest BCUT2D eigenvalue weighted by Gasteiger charge is 2.11. The summed E-state index contributed by atoms with van der Waals surface area (Å²) in [5.41, 5.74) is 7.65. The third kappa shape index (κ3) is 2.23. The fourth-order valence-electron chi connectivity index (χ4n) is 3.32. The molecule has 0 radical (unpaired) electrons. The molecule has 3 aromatic carbocycles. The van der Waals surface area contributed by atoms with Crippen LogP contribution in [0.5, 0.6) is 0 Å². The average molecular weight is 348 g/mol. The van der Waals surface area contributed by atoms with Crippen molar-refractivity contribution in [3.05, 3.63) is 66.9 Å². The molecule has 0 bridgehead atoms. The molecule has 0 spiro atoms. The van der Waals surface area contributed by atoms with Crippen LogP contribution in [0.15, 0.2) is 66.9 Å². The number of aromatic nitrogens is 6. The summed E-state index contributed by atoms with van der Waals surface area (Å²) in [5, 5.41) is 0. The lowest BCUT2D eigenvalue weighted by atomic mass is 10.2. The van der Waals surface area contributed by atoms with Gasteiger partial charge in [0.15, 0.2) is 5.82 Å². The third-order valence-electron chi connectivity index (χ3n) is 4.64. The van der Waals surface area contributed by atoms with Crippen molar-refractivity contribution < 1.29 is 0 Å². The highest BCUT2D eigenvalue weighted by molar-refractivity contribution is 5.95. The van der Waals surface area contributed by atoms with Gasteiger partial charge in [-0.25, -0.2) is 19.9 Å². The van der Waals surface area contributed by atoms with Gasteiger partial charge >= 0.3 is 0 Å². The zero-order valence-corrected chi connectivity index (χ0v) is 14.1. The first kappa shape index (κ1) is 14.3. The van der Waals surface area contributed by atoms with Crippen molar-refractivity contribution in [1.82, 2.24) is 29.9 Å². The van der Waals surface area contributed by atoms with Crippen LogP contribution in [0.3, 0.4) is 0 Å². The number of nitrogens with zero attached hydrogens (tertiary/aromatic N) is 5. The molecular formula is C21H12N6. The molecule has 0 aliphatic rings. The topological polar surface area (TPSA) is 80.2 Å². The van der Waals surface area contributed by atoms with Gasteiger partial charge in [-0.3, -0.25) is 4.98 Å². The Bertz CT molecular complexity index is 1410. The molecule has 6 heteroatoms. The van der Waals surface area contributed by atoms with Gasteiger partial charge < -0.3 is 4.98 Å². The van der Waals surface area contributed by atoms with Gasteiger partial charge in [-0.1, -0.05) is 24.3 Å². The molecule has 0 aliphatic carbocycles. The Labute approximate surface area is 153 Å². The van der Waals surface area contributed by atoms with Crippen molar-refractivity contribution in [3.8, 4) is 11.5 Å².